The van der Waals surface area contributed by atoms with Gasteiger partial charge in [-0.2, -0.15) is 4.68 Å². The second-order valence-corrected chi connectivity index (χ2v) is 8.50. The molecule has 0 atom stereocenters. The third-order valence-electron chi connectivity index (χ3n) is 5.46. The van der Waals surface area contributed by atoms with Crippen molar-refractivity contribution in [3.8, 4) is 28.4 Å². The van der Waals surface area contributed by atoms with Crippen molar-refractivity contribution >= 4 is 29.0 Å². The number of ether oxygens (including phenoxy) is 1. The number of H-pyrrole nitrogens is 2. The Morgan fingerprint density at radius 2 is 1.74 bits per heavy atom. The highest BCUT2D eigenvalue weighted by molar-refractivity contribution is 6.37. The maximum absolute atomic E-state index is 12.1. The van der Waals surface area contributed by atoms with E-state index in [0.717, 1.165) is 29.5 Å². The number of aryl methyl sites for hydroxylation is 2. The molecule has 1 aliphatic carbocycles. The first kappa shape index (κ1) is 21.9. The molecule has 0 saturated heterocycles. The molecule has 0 aliphatic heterocycles. The topological polar surface area (TPSA) is 149 Å². The largest absolute Gasteiger partial charge is 0.434 e. The maximum Gasteiger partial charge on any atom is 0.349 e. The van der Waals surface area contributed by atoms with Crippen LogP contribution in [-0.4, -0.2) is 25.0 Å². The predicted molar refractivity (Wildman–Crippen MR) is 127 cm³/mol. The number of hydrogen-bond donors (Lipinski definition) is 3. The van der Waals surface area contributed by atoms with Crippen LogP contribution in [0.5, 0.6) is 11.6 Å². The van der Waals surface area contributed by atoms with Crippen LogP contribution in [-0.2, 0) is 12.8 Å². The average molecular weight is 499 g/mol. The van der Waals surface area contributed by atoms with E-state index in [9.17, 15) is 14.4 Å². The van der Waals surface area contributed by atoms with Crippen molar-refractivity contribution in [3.05, 3.63) is 88.8 Å². The van der Waals surface area contributed by atoms with Gasteiger partial charge < -0.3 is 10.5 Å². The molecule has 10 nitrogen and oxygen atoms in total. The Morgan fingerprint density at radius 1 is 1.00 bits per heavy atom. The molecule has 34 heavy (non-hydrogen) atoms. The molecule has 0 bridgehead atoms. The van der Waals surface area contributed by atoms with E-state index in [1.807, 2.05) is 18.2 Å². The minimum atomic E-state index is -0.818. The van der Waals surface area contributed by atoms with Gasteiger partial charge in [0.15, 0.2) is 5.75 Å². The summed E-state index contributed by atoms with van der Waals surface area (Å²) in [4.78, 5) is 37.7. The van der Waals surface area contributed by atoms with Gasteiger partial charge in [0.05, 0.1) is 21.3 Å². The molecule has 2 heterocycles. The SMILES string of the molecule is Nc1nn(-c2cc(Cl)c(Oc3n[nH]c(=O)cc3-c3ccc4c(c3)CCC4)c(Cl)c2)c(=O)[nH]c1=O. The van der Waals surface area contributed by atoms with Crippen molar-refractivity contribution in [1.82, 2.24) is 25.0 Å². The minimum Gasteiger partial charge on any atom is -0.434 e. The molecule has 0 spiro atoms. The quantitative estimate of drug-likeness (QED) is 0.391. The molecule has 5 rings (SSSR count). The molecule has 12 heteroatoms. The van der Waals surface area contributed by atoms with Crippen LogP contribution >= 0.6 is 23.2 Å². The van der Waals surface area contributed by atoms with Gasteiger partial charge in [0.2, 0.25) is 11.7 Å². The number of nitrogens with two attached hydrogens (primary N) is 1. The molecular weight excluding hydrogens is 483 g/mol. The Morgan fingerprint density at radius 3 is 2.50 bits per heavy atom. The van der Waals surface area contributed by atoms with Gasteiger partial charge in [-0.15, -0.1) is 10.2 Å². The summed E-state index contributed by atoms with van der Waals surface area (Å²) in [5, 5.41) is 10.2. The number of nitrogens with one attached hydrogen (secondary N) is 2. The van der Waals surface area contributed by atoms with Crippen molar-refractivity contribution in [2.45, 2.75) is 19.3 Å². The molecule has 2 aromatic carbocycles. The highest BCUT2D eigenvalue weighted by Gasteiger charge is 2.19. The van der Waals surface area contributed by atoms with E-state index in [0.29, 0.717) is 5.56 Å². The number of nitrogens with zero attached hydrogens (tertiary/aromatic N) is 3. The first-order chi connectivity index (χ1) is 16.3. The summed E-state index contributed by atoms with van der Waals surface area (Å²) in [6.45, 7) is 0. The van der Waals surface area contributed by atoms with E-state index in [4.69, 9.17) is 33.7 Å². The van der Waals surface area contributed by atoms with E-state index in [1.54, 1.807) is 0 Å². The van der Waals surface area contributed by atoms with E-state index in [-0.39, 0.29) is 27.4 Å². The molecule has 0 amide bonds. The van der Waals surface area contributed by atoms with Gasteiger partial charge in [-0.25, -0.2) is 9.89 Å². The van der Waals surface area contributed by atoms with Crippen molar-refractivity contribution in [2.75, 3.05) is 5.73 Å². The van der Waals surface area contributed by atoms with Crippen molar-refractivity contribution in [1.29, 1.82) is 0 Å². The van der Waals surface area contributed by atoms with Crippen LogP contribution in [0.1, 0.15) is 17.5 Å². The highest BCUT2D eigenvalue weighted by Crippen LogP contribution is 2.40. The standard InChI is InChI=1S/C22H16Cl2N6O4/c23-15-7-13(30-22(33)26-20(32)19(25)29-30)8-16(24)18(15)34-21-14(9-17(31)27-28-21)12-5-4-10-2-1-3-11(10)6-12/h4-9H,1-3H2,(H2,25,29)(H,27,31)(H,26,32,33). The molecular formula is C22H16Cl2N6O4. The molecule has 4 N–H and O–H groups in total. The van der Waals surface area contributed by atoms with E-state index >= 15 is 0 Å². The molecule has 4 aromatic rings. The Kier molecular flexibility index (Phi) is 5.46. The smallest absolute Gasteiger partial charge is 0.349 e. The Balaban J connectivity index is 1.56. The lowest BCUT2D eigenvalue weighted by atomic mass is 10.0. The van der Waals surface area contributed by atoms with Gasteiger partial charge in [0, 0.05) is 6.07 Å². The normalized spacial score (nSPS) is 12.5. The lowest BCUT2D eigenvalue weighted by Gasteiger charge is -2.14. The molecule has 0 fully saturated rings. The third-order valence-corrected chi connectivity index (χ3v) is 6.02. The molecule has 0 radical (unpaired) electrons. The second-order valence-electron chi connectivity index (χ2n) is 7.68. The number of rotatable bonds is 4. The van der Waals surface area contributed by atoms with Gasteiger partial charge in [0.1, 0.15) is 0 Å². The lowest BCUT2D eigenvalue weighted by molar-refractivity contribution is 0.456. The van der Waals surface area contributed by atoms with E-state index in [1.165, 1.54) is 29.3 Å². The van der Waals surface area contributed by atoms with Gasteiger partial charge in [-0.05, 0) is 48.1 Å². The fourth-order valence-corrected chi connectivity index (χ4v) is 4.42. The average Bonchev–Trinajstić information content (AvgIpc) is 3.27. The number of benzene rings is 2. The van der Waals surface area contributed by atoms with Crippen LogP contribution in [0.3, 0.4) is 0 Å². The monoisotopic (exact) mass is 498 g/mol. The number of fused-ring (bicyclic) bond motifs is 1. The van der Waals surface area contributed by atoms with Crippen molar-refractivity contribution in [2.24, 2.45) is 0 Å². The van der Waals surface area contributed by atoms with E-state index < -0.39 is 22.6 Å². The van der Waals surface area contributed by atoms with Crippen molar-refractivity contribution < 1.29 is 4.74 Å². The molecule has 0 unspecified atom stereocenters. The van der Waals surface area contributed by atoms with Gasteiger partial charge >= 0.3 is 5.69 Å². The van der Waals surface area contributed by atoms with E-state index in [2.05, 4.69) is 20.3 Å². The minimum absolute atomic E-state index is 0.0360. The van der Waals surface area contributed by atoms with Crippen LogP contribution in [0.15, 0.2) is 50.8 Å². The summed E-state index contributed by atoms with van der Waals surface area (Å²) in [6, 6.07) is 10.1. The number of halogens is 2. The Labute approximate surface area is 200 Å². The van der Waals surface area contributed by atoms with Crippen LogP contribution in [0, 0.1) is 0 Å². The van der Waals surface area contributed by atoms with Gasteiger partial charge in [-0.3, -0.25) is 14.6 Å². The number of aromatic amines is 2. The van der Waals surface area contributed by atoms with Crippen LogP contribution in [0.4, 0.5) is 5.82 Å². The molecule has 172 valence electrons. The highest BCUT2D eigenvalue weighted by atomic mass is 35.5. The summed E-state index contributed by atoms with van der Waals surface area (Å²) >= 11 is 12.8. The summed E-state index contributed by atoms with van der Waals surface area (Å²) in [7, 11) is 0. The summed E-state index contributed by atoms with van der Waals surface area (Å²) in [5.74, 6) is -0.249. The lowest BCUT2D eigenvalue weighted by Crippen LogP contribution is -2.33. The first-order valence-electron chi connectivity index (χ1n) is 10.2. The number of aromatic nitrogens is 5. The van der Waals surface area contributed by atoms with Gasteiger partial charge in [0.25, 0.3) is 11.1 Å². The second kappa shape index (κ2) is 8.47. The zero-order valence-corrected chi connectivity index (χ0v) is 18.9. The zero-order valence-electron chi connectivity index (χ0n) is 17.4. The Hall–Kier alpha value is -3.89. The maximum atomic E-state index is 12.1. The van der Waals surface area contributed by atoms with Crippen LogP contribution in [0.2, 0.25) is 10.0 Å². The third kappa shape index (κ3) is 3.97. The fraction of sp³-hybridized carbons (Fsp3) is 0.136. The fourth-order valence-electron chi connectivity index (χ4n) is 3.87. The van der Waals surface area contributed by atoms with Crippen LogP contribution < -0.4 is 27.3 Å². The summed E-state index contributed by atoms with van der Waals surface area (Å²) < 4.78 is 6.78. The summed E-state index contributed by atoms with van der Waals surface area (Å²) in [5.41, 5.74) is 7.41. The number of hydrogen-bond acceptors (Lipinski definition) is 7. The van der Waals surface area contributed by atoms with Gasteiger partial charge in [-0.1, -0.05) is 41.4 Å². The van der Waals surface area contributed by atoms with Crippen LogP contribution in [0.25, 0.3) is 16.8 Å². The molecule has 2 aromatic heterocycles. The summed E-state index contributed by atoms with van der Waals surface area (Å²) in [6.07, 6.45) is 3.09. The first-order valence-corrected chi connectivity index (χ1v) is 10.9. The van der Waals surface area contributed by atoms with Crippen molar-refractivity contribution in [3.63, 3.8) is 0 Å². The zero-order chi connectivity index (χ0) is 24.0. The Bertz CT molecular complexity index is 1600. The molecule has 1 aliphatic rings. The molecule has 0 saturated carbocycles. The number of anilines is 1. The predicted octanol–water partition coefficient (Wildman–Crippen LogP) is 2.84. The number of nitrogen functional groups attached to an aromatic ring is 1.